The second-order valence-corrected chi connectivity index (χ2v) is 8.03. The quantitative estimate of drug-likeness (QED) is 0.339. The van der Waals surface area contributed by atoms with Crippen molar-refractivity contribution in [2.24, 2.45) is 0 Å². The van der Waals surface area contributed by atoms with Crippen molar-refractivity contribution >= 4 is 46.4 Å². The summed E-state index contributed by atoms with van der Waals surface area (Å²) >= 11 is 24.3. The van der Waals surface area contributed by atoms with Gasteiger partial charge in [0.2, 0.25) is 5.88 Å². The second-order valence-electron chi connectivity index (χ2n) is 6.48. The van der Waals surface area contributed by atoms with Crippen molar-refractivity contribution in [3.8, 4) is 11.6 Å². The Bertz CT molecular complexity index is 1010. The standard InChI is InChI=1S/C21H19Cl4N3O/c1-3-17-19(24)18(27-12(2)26-17)6-4-5-13-7-9-14(10-8-13)29-21-16(23)11-15(22)20(25)28-21/h7-11H,3-6H2,1-2H3. The van der Waals surface area contributed by atoms with Crippen molar-refractivity contribution in [1.82, 2.24) is 15.0 Å². The van der Waals surface area contributed by atoms with Gasteiger partial charge in [-0.25, -0.2) is 9.97 Å². The third-order valence-electron chi connectivity index (χ3n) is 4.31. The van der Waals surface area contributed by atoms with Crippen LogP contribution in [0.25, 0.3) is 0 Å². The number of aryl methyl sites for hydroxylation is 4. The van der Waals surface area contributed by atoms with Gasteiger partial charge in [-0.15, -0.1) is 0 Å². The molecule has 0 aliphatic rings. The second kappa shape index (κ2) is 9.94. The van der Waals surface area contributed by atoms with Crippen LogP contribution in [0.5, 0.6) is 11.6 Å². The molecule has 8 heteroatoms. The van der Waals surface area contributed by atoms with Crippen LogP contribution in [-0.4, -0.2) is 15.0 Å². The van der Waals surface area contributed by atoms with Crippen LogP contribution in [0.3, 0.4) is 0 Å². The van der Waals surface area contributed by atoms with Gasteiger partial charge < -0.3 is 4.74 Å². The van der Waals surface area contributed by atoms with Crippen LogP contribution in [0.15, 0.2) is 30.3 Å². The van der Waals surface area contributed by atoms with E-state index in [0.29, 0.717) is 15.8 Å². The average molecular weight is 471 g/mol. The number of hydrogen-bond donors (Lipinski definition) is 0. The molecule has 3 rings (SSSR count). The van der Waals surface area contributed by atoms with E-state index in [1.807, 2.05) is 38.1 Å². The number of benzene rings is 1. The van der Waals surface area contributed by atoms with E-state index in [-0.39, 0.29) is 16.1 Å². The fraction of sp³-hybridized carbons (Fsp3) is 0.286. The van der Waals surface area contributed by atoms with E-state index in [4.69, 9.17) is 51.1 Å². The summed E-state index contributed by atoms with van der Waals surface area (Å²) in [6.07, 6.45) is 3.43. The molecule has 0 amide bonds. The third-order valence-corrected chi connectivity index (χ3v) is 5.69. The molecule has 0 saturated carbocycles. The highest BCUT2D eigenvalue weighted by Crippen LogP contribution is 2.33. The third kappa shape index (κ3) is 5.73. The minimum atomic E-state index is 0.146. The summed E-state index contributed by atoms with van der Waals surface area (Å²) in [4.78, 5) is 12.9. The van der Waals surface area contributed by atoms with Crippen molar-refractivity contribution in [2.75, 3.05) is 0 Å². The van der Waals surface area contributed by atoms with Gasteiger partial charge in [-0.2, -0.15) is 4.98 Å². The lowest BCUT2D eigenvalue weighted by Crippen LogP contribution is -2.03. The lowest BCUT2D eigenvalue weighted by molar-refractivity contribution is 0.463. The first-order chi connectivity index (χ1) is 13.9. The van der Waals surface area contributed by atoms with Crippen LogP contribution in [0.1, 0.15) is 36.1 Å². The zero-order valence-corrected chi connectivity index (χ0v) is 19.0. The largest absolute Gasteiger partial charge is 0.437 e. The van der Waals surface area contributed by atoms with Gasteiger partial charge in [0.15, 0.2) is 5.15 Å². The molecule has 4 nitrogen and oxygen atoms in total. The lowest BCUT2D eigenvalue weighted by Gasteiger charge is -2.10. The molecule has 0 saturated heterocycles. The first-order valence-electron chi connectivity index (χ1n) is 9.17. The maximum Gasteiger partial charge on any atom is 0.239 e. The van der Waals surface area contributed by atoms with Gasteiger partial charge in [0, 0.05) is 0 Å². The number of hydrogen-bond acceptors (Lipinski definition) is 4. The van der Waals surface area contributed by atoms with Crippen molar-refractivity contribution in [3.05, 3.63) is 73.3 Å². The Labute approximate surface area is 190 Å². The van der Waals surface area contributed by atoms with Gasteiger partial charge in [0.1, 0.15) is 16.6 Å². The summed E-state index contributed by atoms with van der Waals surface area (Å²) < 4.78 is 5.71. The molecule has 0 spiro atoms. The molecule has 152 valence electrons. The fourth-order valence-corrected chi connectivity index (χ4v) is 3.72. The van der Waals surface area contributed by atoms with Crippen LogP contribution < -0.4 is 4.74 Å². The minimum Gasteiger partial charge on any atom is -0.437 e. The molecular weight excluding hydrogens is 452 g/mol. The normalized spacial score (nSPS) is 11.0. The highest BCUT2D eigenvalue weighted by molar-refractivity contribution is 6.42. The summed E-state index contributed by atoms with van der Waals surface area (Å²) in [6.45, 7) is 3.94. The summed E-state index contributed by atoms with van der Waals surface area (Å²) in [6, 6.07) is 9.25. The average Bonchev–Trinajstić information content (AvgIpc) is 2.69. The number of halogens is 4. The Kier molecular flexibility index (Phi) is 7.58. The molecule has 2 aromatic heterocycles. The van der Waals surface area contributed by atoms with Gasteiger partial charge in [-0.05, 0) is 56.4 Å². The van der Waals surface area contributed by atoms with Crippen LogP contribution in [0, 0.1) is 6.92 Å². The van der Waals surface area contributed by atoms with Crippen LogP contribution in [-0.2, 0) is 19.3 Å². The molecular formula is C21H19Cl4N3O. The fourth-order valence-electron chi connectivity index (χ4n) is 2.88. The van der Waals surface area contributed by atoms with Crippen LogP contribution in [0.4, 0.5) is 0 Å². The van der Waals surface area contributed by atoms with E-state index >= 15 is 0 Å². The Morgan fingerprint density at radius 3 is 2.24 bits per heavy atom. The first-order valence-corrected chi connectivity index (χ1v) is 10.7. The summed E-state index contributed by atoms with van der Waals surface area (Å²) in [7, 11) is 0. The number of ether oxygens (including phenoxy) is 1. The zero-order chi connectivity index (χ0) is 21.0. The molecule has 1 aromatic carbocycles. The van der Waals surface area contributed by atoms with Crippen molar-refractivity contribution in [2.45, 2.75) is 39.5 Å². The highest BCUT2D eigenvalue weighted by Gasteiger charge is 2.11. The summed E-state index contributed by atoms with van der Waals surface area (Å²) in [5, 5.41) is 1.41. The monoisotopic (exact) mass is 469 g/mol. The molecule has 0 aliphatic carbocycles. The molecule has 2 heterocycles. The molecule has 0 unspecified atom stereocenters. The first kappa shape index (κ1) is 22.1. The SMILES string of the molecule is CCc1nc(C)nc(CCCc2ccc(Oc3nc(Cl)c(Cl)cc3Cl)cc2)c1Cl. The van der Waals surface area contributed by atoms with E-state index < -0.39 is 0 Å². The maximum absolute atomic E-state index is 6.42. The minimum absolute atomic E-state index is 0.146. The van der Waals surface area contributed by atoms with Crippen molar-refractivity contribution in [1.29, 1.82) is 0 Å². The Balaban J connectivity index is 1.60. The number of aromatic nitrogens is 3. The summed E-state index contributed by atoms with van der Waals surface area (Å²) in [5.41, 5.74) is 3.00. The van der Waals surface area contributed by atoms with E-state index in [0.717, 1.165) is 42.9 Å². The maximum atomic E-state index is 6.42. The van der Waals surface area contributed by atoms with E-state index in [2.05, 4.69) is 15.0 Å². The molecule has 29 heavy (non-hydrogen) atoms. The zero-order valence-electron chi connectivity index (χ0n) is 16.0. The predicted octanol–water partition coefficient (Wildman–Crippen LogP) is 7.32. The van der Waals surface area contributed by atoms with E-state index in [1.165, 1.54) is 11.6 Å². The lowest BCUT2D eigenvalue weighted by atomic mass is 10.1. The van der Waals surface area contributed by atoms with Gasteiger partial charge in [0.25, 0.3) is 0 Å². The molecule has 0 aliphatic heterocycles. The molecule has 0 N–H and O–H groups in total. The van der Waals surface area contributed by atoms with E-state index in [1.54, 1.807) is 0 Å². The van der Waals surface area contributed by atoms with Gasteiger partial charge in [0.05, 0.1) is 21.4 Å². The molecule has 3 aromatic rings. The van der Waals surface area contributed by atoms with E-state index in [9.17, 15) is 0 Å². The molecule has 0 atom stereocenters. The highest BCUT2D eigenvalue weighted by atomic mass is 35.5. The van der Waals surface area contributed by atoms with Crippen LogP contribution in [0.2, 0.25) is 20.2 Å². The Morgan fingerprint density at radius 2 is 1.55 bits per heavy atom. The topological polar surface area (TPSA) is 47.9 Å². The van der Waals surface area contributed by atoms with Gasteiger partial charge in [-0.3, -0.25) is 0 Å². The number of nitrogens with zero attached hydrogens (tertiary/aromatic N) is 3. The summed E-state index contributed by atoms with van der Waals surface area (Å²) in [5.74, 6) is 1.59. The molecule has 0 fully saturated rings. The van der Waals surface area contributed by atoms with Crippen LogP contribution >= 0.6 is 46.4 Å². The number of pyridine rings is 1. The Hall–Kier alpha value is -1.59. The molecule has 0 bridgehead atoms. The predicted molar refractivity (Wildman–Crippen MR) is 119 cm³/mol. The number of rotatable bonds is 7. The van der Waals surface area contributed by atoms with Crippen molar-refractivity contribution in [3.63, 3.8) is 0 Å². The smallest absolute Gasteiger partial charge is 0.239 e. The molecule has 0 radical (unpaired) electrons. The van der Waals surface area contributed by atoms with Crippen molar-refractivity contribution < 1.29 is 4.74 Å². The van der Waals surface area contributed by atoms with Gasteiger partial charge >= 0.3 is 0 Å². The van der Waals surface area contributed by atoms with Gasteiger partial charge in [-0.1, -0.05) is 65.5 Å². The Morgan fingerprint density at radius 1 is 0.862 bits per heavy atom.